The standard InChI is InChI=1S/C15H23INOSi.C5H5.Fe/c1-15(2,3)12-9-18-14(17-12)13-10(16)7-8-11(13)19(4,5)6;1-2-4-5-3-1;/h7-8,12H,9H2,1-6H3;1-5H;/q2*-1;+2/t12-;;/m1../s1. The molecule has 138 valence electrons. The number of hydrogen-bond acceptors (Lipinski definition) is 1. The summed E-state index contributed by atoms with van der Waals surface area (Å²) in [4.78, 5) is 0. The van der Waals surface area contributed by atoms with E-state index in [1.165, 1.54) is 14.3 Å². The second-order valence-corrected chi connectivity index (χ2v) is 14.5. The van der Waals surface area contributed by atoms with Gasteiger partial charge in [0.2, 0.25) is 0 Å². The predicted octanol–water partition coefficient (Wildman–Crippen LogP) is 6.56. The van der Waals surface area contributed by atoms with Crippen molar-refractivity contribution in [3.05, 3.63) is 68.0 Å². The first kappa shape index (κ1) is 22.7. The van der Waals surface area contributed by atoms with Crippen LogP contribution < -0.4 is 0 Å². The Morgan fingerprint density at radius 2 is 1.76 bits per heavy atom. The van der Waals surface area contributed by atoms with Crippen molar-refractivity contribution in [1.82, 2.24) is 0 Å². The largest absolute Gasteiger partial charge is 2.00 e. The van der Waals surface area contributed by atoms with Crippen LogP contribution in [0.3, 0.4) is 0 Å². The molecule has 0 spiro atoms. The summed E-state index contributed by atoms with van der Waals surface area (Å²) in [6.45, 7) is 14.5. The molecule has 1 fully saturated rings. The van der Waals surface area contributed by atoms with Crippen LogP contribution in [0.15, 0.2) is 62.7 Å². The predicted molar refractivity (Wildman–Crippen MR) is 115 cm³/mol. The van der Waals surface area contributed by atoms with Gasteiger partial charge in [-0.2, -0.15) is 18.2 Å². The Bertz CT molecular complexity index is 631. The van der Waals surface area contributed by atoms with E-state index in [4.69, 9.17) is 10.1 Å². The van der Waals surface area contributed by atoms with Gasteiger partial charge in [0.05, 0.1) is 14.7 Å². The SMILES string of the molecule is CC(C)(C)[C@H]1COC(=C2C(I)=CC=C2[Si](C)(C)C)[N-]1.[Fe+2].c1cc[cH-]c1. The summed E-state index contributed by atoms with van der Waals surface area (Å²) in [6.07, 6.45) is 4.46. The zero-order chi connectivity index (χ0) is 18.0. The van der Waals surface area contributed by atoms with E-state index in [-0.39, 0.29) is 28.5 Å². The second kappa shape index (κ2) is 9.02. The summed E-state index contributed by atoms with van der Waals surface area (Å²) in [5.41, 5.74) is 1.42. The van der Waals surface area contributed by atoms with Gasteiger partial charge < -0.3 is 10.1 Å². The molecule has 1 aliphatic carbocycles. The number of ether oxygens (including phenoxy) is 1. The minimum Gasteiger partial charge on any atom is -0.648 e. The maximum Gasteiger partial charge on any atom is 2.00 e. The van der Waals surface area contributed by atoms with Gasteiger partial charge in [-0.25, -0.2) is 12.1 Å². The fourth-order valence-electron chi connectivity index (χ4n) is 2.57. The zero-order valence-electron chi connectivity index (χ0n) is 15.9. The Morgan fingerprint density at radius 3 is 2.16 bits per heavy atom. The van der Waals surface area contributed by atoms with E-state index in [2.05, 4.69) is 75.2 Å². The number of hydrogen-bond donors (Lipinski definition) is 0. The van der Waals surface area contributed by atoms with Crippen molar-refractivity contribution in [2.45, 2.75) is 46.5 Å². The van der Waals surface area contributed by atoms with Gasteiger partial charge in [-0.15, -0.1) is 0 Å². The maximum atomic E-state index is 5.92. The van der Waals surface area contributed by atoms with Crippen LogP contribution in [0.4, 0.5) is 0 Å². The molecule has 0 N–H and O–H groups in total. The van der Waals surface area contributed by atoms with Crippen molar-refractivity contribution in [2.75, 3.05) is 6.61 Å². The third kappa shape index (κ3) is 6.09. The van der Waals surface area contributed by atoms with Crippen LogP contribution in [0, 0.1) is 5.41 Å². The van der Waals surface area contributed by atoms with E-state index in [1.54, 1.807) is 0 Å². The first-order valence-electron chi connectivity index (χ1n) is 8.44. The molecule has 0 unspecified atom stereocenters. The first-order valence-corrected chi connectivity index (χ1v) is 13.0. The van der Waals surface area contributed by atoms with E-state index in [0.29, 0.717) is 6.61 Å². The van der Waals surface area contributed by atoms with E-state index < -0.39 is 8.07 Å². The van der Waals surface area contributed by atoms with Crippen LogP contribution in [-0.2, 0) is 21.8 Å². The summed E-state index contributed by atoms with van der Waals surface area (Å²) in [6, 6.07) is 10.3. The molecule has 0 saturated carbocycles. The topological polar surface area (TPSA) is 23.3 Å². The van der Waals surface area contributed by atoms with Gasteiger partial charge >= 0.3 is 17.1 Å². The second-order valence-electron chi connectivity index (χ2n) is 8.31. The molecule has 1 atom stereocenters. The molecular formula is C20H28FeINOSi. The molecular weight excluding hydrogens is 481 g/mol. The first-order chi connectivity index (χ1) is 11.1. The third-order valence-electron chi connectivity index (χ3n) is 4.13. The molecule has 5 heteroatoms. The van der Waals surface area contributed by atoms with Gasteiger partial charge in [-0.3, -0.25) is 0 Å². The van der Waals surface area contributed by atoms with Gasteiger partial charge in [-0.1, -0.05) is 57.7 Å². The minimum absolute atomic E-state index is 0. The Kier molecular flexibility index (Phi) is 8.18. The number of allylic oxidation sites excluding steroid dienone is 5. The van der Waals surface area contributed by atoms with Crippen molar-refractivity contribution < 1.29 is 21.8 Å². The molecule has 0 bridgehead atoms. The quantitative estimate of drug-likeness (QED) is 0.239. The van der Waals surface area contributed by atoms with Crippen LogP contribution >= 0.6 is 22.6 Å². The molecule has 0 amide bonds. The fraction of sp³-hybridized carbons (Fsp3) is 0.450. The molecule has 1 saturated heterocycles. The molecule has 2 aliphatic rings. The van der Waals surface area contributed by atoms with Crippen molar-refractivity contribution in [2.24, 2.45) is 5.41 Å². The molecule has 3 rings (SSSR count). The maximum absolute atomic E-state index is 5.92. The summed E-state index contributed by atoms with van der Waals surface area (Å²) in [5, 5.41) is 6.31. The third-order valence-corrected chi connectivity index (χ3v) is 7.06. The van der Waals surface area contributed by atoms with Crippen LogP contribution in [0.25, 0.3) is 5.32 Å². The number of nitrogens with zero attached hydrogens (tertiary/aromatic N) is 1. The Labute approximate surface area is 178 Å². The minimum atomic E-state index is -1.36. The summed E-state index contributed by atoms with van der Waals surface area (Å²) >= 11 is 2.40. The summed E-state index contributed by atoms with van der Waals surface area (Å²) in [7, 11) is -1.36. The molecule has 1 aromatic rings. The fourth-order valence-corrected chi connectivity index (χ4v) is 5.10. The average molecular weight is 509 g/mol. The number of rotatable bonds is 1. The van der Waals surface area contributed by atoms with Crippen LogP contribution in [0.2, 0.25) is 19.6 Å². The molecule has 25 heavy (non-hydrogen) atoms. The van der Waals surface area contributed by atoms with E-state index in [9.17, 15) is 0 Å². The normalized spacial score (nSPS) is 22.8. The molecule has 2 nitrogen and oxygen atoms in total. The van der Waals surface area contributed by atoms with Crippen LogP contribution in [0.5, 0.6) is 0 Å². The molecule has 0 aromatic heterocycles. The van der Waals surface area contributed by atoms with Crippen LogP contribution in [0.1, 0.15) is 20.8 Å². The molecule has 0 radical (unpaired) electrons. The van der Waals surface area contributed by atoms with Gasteiger partial charge in [0.25, 0.3) is 0 Å². The Balaban J connectivity index is 0.000000448. The molecule has 1 heterocycles. The van der Waals surface area contributed by atoms with Crippen molar-refractivity contribution >= 4 is 30.7 Å². The number of halogens is 1. The van der Waals surface area contributed by atoms with Crippen LogP contribution in [-0.4, -0.2) is 20.7 Å². The Hall–Kier alpha value is -0.364. The van der Waals surface area contributed by atoms with Crippen molar-refractivity contribution in [3.63, 3.8) is 0 Å². The monoisotopic (exact) mass is 509 g/mol. The van der Waals surface area contributed by atoms with Gasteiger partial charge in [0.1, 0.15) is 0 Å². The van der Waals surface area contributed by atoms with Crippen molar-refractivity contribution in [3.8, 4) is 0 Å². The smallest absolute Gasteiger partial charge is 0.648 e. The molecule has 1 aromatic carbocycles. The average Bonchev–Trinajstić information content (AvgIpc) is 3.19. The zero-order valence-corrected chi connectivity index (χ0v) is 20.2. The van der Waals surface area contributed by atoms with E-state index in [1.807, 2.05) is 30.3 Å². The summed E-state index contributed by atoms with van der Waals surface area (Å²) in [5.74, 6) is 0.867. The van der Waals surface area contributed by atoms with Gasteiger partial charge in [0, 0.05) is 15.0 Å². The van der Waals surface area contributed by atoms with E-state index >= 15 is 0 Å². The Morgan fingerprint density at radius 1 is 1.16 bits per heavy atom. The van der Waals surface area contributed by atoms with E-state index in [0.717, 1.165) is 5.88 Å². The van der Waals surface area contributed by atoms with Crippen molar-refractivity contribution in [1.29, 1.82) is 0 Å². The van der Waals surface area contributed by atoms with Gasteiger partial charge in [0.15, 0.2) is 0 Å². The van der Waals surface area contributed by atoms with Gasteiger partial charge in [-0.05, 0) is 34.1 Å². The molecule has 1 aliphatic heterocycles. The summed E-state index contributed by atoms with van der Waals surface area (Å²) < 4.78 is 7.19.